The number of hydrogen-bond acceptors (Lipinski definition) is 4. The van der Waals surface area contributed by atoms with E-state index in [1.807, 2.05) is 0 Å². The van der Waals surface area contributed by atoms with Gasteiger partial charge in [0.25, 0.3) is 5.91 Å². The van der Waals surface area contributed by atoms with Crippen molar-refractivity contribution in [3.05, 3.63) is 53.3 Å². The Morgan fingerprint density at radius 3 is 2.73 bits per heavy atom. The highest BCUT2D eigenvalue weighted by atomic mass is 35.5. The Morgan fingerprint density at radius 2 is 2.04 bits per heavy atom. The number of halogens is 2. The highest BCUT2D eigenvalue weighted by molar-refractivity contribution is 7.92. The lowest BCUT2D eigenvalue weighted by Crippen LogP contribution is -2.35. The lowest BCUT2D eigenvalue weighted by molar-refractivity contribution is -0.122. The van der Waals surface area contributed by atoms with E-state index in [-0.39, 0.29) is 18.0 Å². The summed E-state index contributed by atoms with van der Waals surface area (Å²) in [6.45, 7) is 0.0953. The molecule has 6 nitrogen and oxygen atoms in total. The monoisotopic (exact) mass is 398 g/mol. The fourth-order valence-corrected chi connectivity index (χ4v) is 3.78. The minimum Gasteiger partial charge on any atom is -0.478 e. The van der Waals surface area contributed by atoms with Crippen molar-refractivity contribution in [3.8, 4) is 5.75 Å². The minimum absolute atomic E-state index is 0.0953. The second-order valence-electron chi connectivity index (χ2n) is 5.82. The lowest BCUT2D eigenvalue weighted by Gasteiger charge is -2.20. The molecular formula is C17H16ClFN2O4S. The van der Waals surface area contributed by atoms with Crippen LogP contribution in [0.15, 0.2) is 42.5 Å². The molecule has 1 unspecified atom stereocenters. The van der Waals surface area contributed by atoms with Crippen LogP contribution in [0.4, 0.5) is 15.8 Å². The Hall–Kier alpha value is -2.32. The number of anilines is 2. The minimum atomic E-state index is -3.52. The van der Waals surface area contributed by atoms with Crippen molar-refractivity contribution >= 4 is 38.9 Å². The van der Waals surface area contributed by atoms with Gasteiger partial charge in [0.05, 0.1) is 17.0 Å². The summed E-state index contributed by atoms with van der Waals surface area (Å²) in [5.74, 6) is -0.765. The van der Waals surface area contributed by atoms with Crippen molar-refractivity contribution in [2.45, 2.75) is 12.5 Å². The molecule has 0 bridgehead atoms. The number of carbonyl (C=O) groups is 1. The molecule has 0 aliphatic carbocycles. The molecule has 26 heavy (non-hydrogen) atoms. The molecule has 0 saturated heterocycles. The summed E-state index contributed by atoms with van der Waals surface area (Å²) in [6, 6.07) is 10.4. The van der Waals surface area contributed by atoms with Crippen LogP contribution in [-0.4, -0.2) is 33.2 Å². The molecule has 1 aliphatic heterocycles. The molecule has 9 heteroatoms. The van der Waals surface area contributed by atoms with Crippen molar-refractivity contribution in [1.29, 1.82) is 0 Å². The maximum atomic E-state index is 13.2. The molecule has 2 aromatic carbocycles. The van der Waals surface area contributed by atoms with Gasteiger partial charge in [-0.1, -0.05) is 23.7 Å². The van der Waals surface area contributed by atoms with Gasteiger partial charge in [0.2, 0.25) is 10.0 Å². The van der Waals surface area contributed by atoms with Crippen LogP contribution in [0.3, 0.4) is 0 Å². The van der Waals surface area contributed by atoms with E-state index in [1.54, 1.807) is 24.3 Å². The molecule has 0 spiro atoms. The van der Waals surface area contributed by atoms with Gasteiger partial charge >= 0.3 is 0 Å². The second-order valence-corrected chi connectivity index (χ2v) is 8.13. The number of sulfonamides is 1. The van der Waals surface area contributed by atoms with Gasteiger partial charge in [-0.15, -0.1) is 0 Å². The Kier molecular flexibility index (Phi) is 5.06. The number of para-hydroxylation sites is 2. The summed E-state index contributed by atoms with van der Waals surface area (Å²) < 4.78 is 44.3. The molecule has 0 fully saturated rings. The van der Waals surface area contributed by atoms with Crippen LogP contribution in [0.25, 0.3) is 0 Å². The fourth-order valence-electron chi connectivity index (χ4n) is 2.66. The average molecular weight is 399 g/mol. The third-order valence-corrected chi connectivity index (χ3v) is 5.35. The lowest BCUT2D eigenvalue weighted by atomic mass is 10.2. The molecule has 1 heterocycles. The summed E-state index contributed by atoms with van der Waals surface area (Å²) >= 11 is 5.71. The zero-order valence-electron chi connectivity index (χ0n) is 13.8. The molecule has 1 amide bonds. The van der Waals surface area contributed by atoms with Gasteiger partial charge in [0.1, 0.15) is 11.6 Å². The third kappa shape index (κ3) is 3.91. The van der Waals surface area contributed by atoms with Gasteiger partial charge < -0.3 is 10.1 Å². The van der Waals surface area contributed by atoms with E-state index in [0.717, 1.165) is 12.3 Å². The molecule has 1 N–H and O–H groups in total. The predicted molar refractivity (Wildman–Crippen MR) is 97.7 cm³/mol. The van der Waals surface area contributed by atoms with Crippen molar-refractivity contribution in [2.24, 2.45) is 0 Å². The van der Waals surface area contributed by atoms with Crippen LogP contribution in [0, 0.1) is 5.82 Å². The number of carbonyl (C=O) groups excluding carboxylic acids is 1. The summed E-state index contributed by atoms with van der Waals surface area (Å²) in [5.41, 5.74) is 0.706. The molecule has 0 radical (unpaired) electrons. The van der Waals surface area contributed by atoms with Crippen LogP contribution < -0.4 is 14.4 Å². The Morgan fingerprint density at radius 1 is 1.31 bits per heavy atom. The van der Waals surface area contributed by atoms with Gasteiger partial charge in [0, 0.05) is 18.7 Å². The van der Waals surface area contributed by atoms with Crippen LogP contribution in [0.2, 0.25) is 5.02 Å². The predicted octanol–water partition coefficient (Wildman–Crippen LogP) is 3.03. The number of fused-ring (bicyclic) bond motifs is 1. The quantitative estimate of drug-likeness (QED) is 0.862. The first kappa shape index (κ1) is 18.5. The van der Waals surface area contributed by atoms with Crippen LogP contribution in [0.1, 0.15) is 6.42 Å². The summed E-state index contributed by atoms with van der Waals surface area (Å²) in [7, 11) is -3.52. The van der Waals surface area contributed by atoms with E-state index in [9.17, 15) is 17.6 Å². The zero-order valence-corrected chi connectivity index (χ0v) is 15.3. The maximum absolute atomic E-state index is 13.2. The number of amides is 1. The number of nitrogens with zero attached hydrogens (tertiary/aromatic N) is 1. The van der Waals surface area contributed by atoms with Crippen molar-refractivity contribution in [3.63, 3.8) is 0 Å². The summed E-state index contributed by atoms with van der Waals surface area (Å²) in [4.78, 5) is 12.5. The molecule has 0 aromatic heterocycles. The molecule has 3 rings (SSSR count). The Balaban J connectivity index is 1.84. The van der Waals surface area contributed by atoms with Crippen LogP contribution in [-0.2, 0) is 14.8 Å². The maximum Gasteiger partial charge on any atom is 0.265 e. The van der Waals surface area contributed by atoms with Gasteiger partial charge in [-0.25, -0.2) is 12.8 Å². The highest BCUT2D eigenvalue weighted by Gasteiger charge is 2.31. The first-order valence-electron chi connectivity index (χ1n) is 7.75. The van der Waals surface area contributed by atoms with Crippen molar-refractivity contribution in [1.82, 2.24) is 0 Å². The van der Waals surface area contributed by atoms with E-state index in [1.165, 1.54) is 16.4 Å². The second kappa shape index (κ2) is 7.13. The third-order valence-electron chi connectivity index (χ3n) is 3.88. The molecule has 2 aromatic rings. The van der Waals surface area contributed by atoms with E-state index in [0.29, 0.717) is 17.1 Å². The molecule has 138 valence electrons. The Labute approximate surface area is 155 Å². The fraction of sp³-hybridized carbons (Fsp3) is 0.235. The largest absolute Gasteiger partial charge is 0.478 e. The Bertz CT molecular complexity index is 952. The number of rotatable bonds is 3. The van der Waals surface area contributed by atoms with Gasteiger partial charge in [-0.05, 0) is 30.3 Å². The number of benzene rings is 2. The number of hydrogen-bond donors (Lipinski definition) is 1. The average Bonchev–Trinajstić information content (AvgIpc) is 2.77. The first-order chi connectivity index (χ1) is 12.3. The smallest absolute Gasteiger partial charge is 0.265 e. The first-order valence-corrected chi connectivity index (χ1v) is 9.97. The van der Waals surface area contributed by atoms with Crippen molar-refractivity contribution in [2.75, 3.05) is 22.4 Å². The molecule has 1 atom stereocenters. The van der Waals surface area contributed by atoms with Crippen molar-refractivity contribution < 1.29 is 22.3 Å². The van der Waals surface area contributed by atoms with E-state index in [2.05, 4.69) is 5.32 Å². The molecule has 1 aliphatic rings. The number of nitrogens with one attached hydrogen (secondary N) is 1. The van der Waals surface area contributed by atoms with Gasteiger partial charge in [0.15, 0.2) is 6.10 Å². The van der Waals surface area contributed by atoms with E-state index in [4.69, 9.17) is 16.3 Å². The summed E-state index contributed by atoms with van der Waals surface area (Å²) in [6.07, 6.45) is 0.347. The topological polar surface area (TPSA) is 75.7 Å². The highest BCUT2D eigenvalue weighted by Crippen LogP contribution is 2.34. The summed E-state index contributed by atoms with van der Waals surface area (Å²) in [5, 5.41) is 2.50. The van der Waals surface area contributed by atoms with E-state index < -0.39 is 27.9 Å². The van der Waals surface area contributed by atoms with Gasteiger partial charge in [-0.3, -0.25) is 9.10 Å². The SMILES string of the molecule is CS(=O)(=O)N1CCC(C(=O)Nc2ccc(F)c(Cl)c2)Oc2ccccc21. The normalized spacial score (nSPS) is 17.0. The van der Waals surface area contributed by atoms with Crippen LogP contribution >= 0.6 is 11.6 Å². The van der Waals surface area contributed by atoms with E-state index >= 15 is 0 Å². The van der Waals surface area contributed by atoms with Gasteiger partial charge in [-0.2, -0.15) is 0 Å². The zero-order chi connectivity index (χ0) is 18.9. The standard InChI is InChI=1S/C17H16ClFN2O4S/c1-26(23,24)21-9-8-16(25-15-5-3-2-4-14(15)21)17(22)20-11-6-7-13(19)12(18)10-11/h2-7,10,16H,8-9H2,1H3,(H,20,22). The van der Waals surface area contributed by atoms with Crippen LogP contribution in [0.5, 0.6) is 5.75 Å². The molecular weight excluding hydrogens is 383 g/mol. The molecule has 0 saturated carbocycles. The number of ether oxygens (including phenoxy) is 1.